The Morgan fingerprint density at radius 2 is 1.46 bits per heavy atom. The van der Waals surface area contributed by atoms with Gasteiger partial charge in [-0.3, -0.25) is 4.79 Å². The second kappa shape index (κ2) is 18.7. The van der Waals surface area contributed by atoms with E-state index in [9.17, 15) is 4.79 Å². The second-order valence-electron chi connectivity index (χ2n) is 8.15. The van der Waals surface area contributed by atoms with E-state index in [1.54, 1.807) is 6.08 Å². The van der Waals surface area contributed by atoms with Crippen molar-refractivity contribution in [3.8, 4) is 0 Å². The van der Waals surface area contributed by atoms with Gasteiger partial charge in [0, 0.05) is 12.6 Å². The van der Waals surface area contributed by atoms with Crippen molar-refractivity contribution in [2.75, 3.05) is 13.2 Å². The van der Waals surface area contributed by atoms with Crippen LogP contribution in [0.2, 0.25) is 0 Å². The van der Waals surface area contributed by atoms with Crippen LogP contribution < -0.4 is 5.32 Å². The minimum absolute atomic E-state index is 0.0397. The van der Waals surface area contributed by atoms with Crippen LogP contribution in [0.15, 0.2) is 48.6 Å². The molecule has 0 atom stereocenters. The zero-order valence-electron chi connectivity index (χ0n) is 18.5. The fraction of sp³-hybridized carbons (Fsp3) is 0.640. The van der Waals surface area contributed by atoms with Crippen LogP contribution in [0.4, 0.5) is 0 Å². The minimum Gasteiger partial charge on any atom is -0.395 e. The van der Waals surface area contributed by atoms with Gasteiger partial charge in [0.25, 0.3) is 0 Å². The molecule has 0 aromatic heterocycles. The number of amides is 1. The molecule has 28 heavy (non-hydrogen) atoms. The first kappa shape index (κ1) is 26.4. The number of aliphatic hydroxyl groups excluding tert-OH is 1. The van der Waals surface area contributed by atoms with Crippen LogP contribution in [-0.2, 0) is 4.79 Å². The highest BCUT2D eigenvalue weighted by Gasteiger charge is 2.15. The summed E-state index contributed by atoms with van der Waals surface area (Å²) in [4.78, 5) is 11.2. The van der Waals surface area contributed by atoms with Gasteiger partial charge in [0.15, 0.2) is 0 Å². The van der Waals surface area contributed by atoms with Gasteiger partial charge in [0.2, 0.25) is 5.91 Å². The van der Waals surface area contributed by atoms with Gasteiger partial charge in [-0.1, -0.05) is 102 Å². The summed E-state index contributed by atoms with van der Waals surface area (Å²) in [6.07, 6.45) is 28.3. The van der Waals surface area contributed by atoms with Gasteiger partial charge >= 0.3 is 0 Å². The van der Waals surface area contributed by atoms with Crippen LogP contribution >= 0.6 is 0 Å². The Balaban J connectivity index is 3.60. The van der Waals surface area contributed by atoms with Gasteiger partial charge in [-0.15, -0.1) is 0 Å². The van der Waals surface area contributed by atoms with E-state index in [4.69, 9.17) is 5.11 Å². The number of hydrogen-bond donors (Lipinski definition) is 2. The van der Waals surface area contributed by atoms with Gasteiger partial charge in [0.05, 0.1) is 6.61 Å². The molecule has 0 fully saturated rings. The lowest BCUT2D eigenvalue weighted by molar-refractivity contribution is -0.116. The lowest BCUT2D eigenvalue weighted by atomic mass is 9.82. The molecule has 0 heterocycles. The van der Waals surface area contributed by atoms with Gasteiger partial charge in [-0.05, 0) is 31.1 Å². The molecular formula is C25H43NO2. The van der Waals surface area contributed by atoms with Crippen LogP contribution in [0.25, 0.3) is 0 Å². The average Bonchev–Trinajstić information content (AvgIpc) is 2.67. The summed E-state index contributed by atoms with van der Waals surface area (Å²) < 4.78 is 0. The van der Waals surface area contributed by atoms with Crippen molar-refractivity contribution < 1.29 is 9.90 Å². The third-order valence-corrected chi connectivity index (χ3v) is 4.78. The highest BCUT2D eigenvalue weighted by atomic mass is 16.3. The third kappa shape index (κ3) is 19.2. The van der Waals surface area contributed by atoms with Crippen molar-refractivity contribution in [2.45, 2.75) is 85.0 Å². The molecule has 2 N–H and O–H groups in total. The van der Waals surface area contributed by atoms with Crippen LogP contribution in [0.1, 0.15) is 85.0 Å². The number of hydrogen-bond acceptors (Lipinski definition) is 2. The molecule has 0 aliphatic carbocycles. The topological polar surface area (TPSA) is 49.3 Å². The van der Waals surface area contributed by atoms with Gasteiger partial charge in [-0.25, -0.2) is 0 Å². The van der Waals surface area contributed by atoms with E-state index < -0.39 is 0 Å². The maximum atomic E-state index is 11.2. The van der Waals surface area contributed by atoms with E-state index in [2.05, 4.69) is 38.2 Å². The average molecular weight is 390 g/mol. The lowest BCUT2D eigenvalue weighted by Crippen LogP contribution is -2.24. The van der Waals surface area contributed by atoms with Crippen molar-refractivity contribution in [1.29, 1.82) is 0 Å². The van der Waals surface area contributed by atoms with E-state index in [1.165, 1.54) is 63.9 Å². The minimum atomic E-state index is -0.192. The Morgan fingerprint density at radius 1 is 0.857 bits per heavy atom. The maximum Gasteiger partial charge on any atom is 0.244 e. The molecule has 0 aliphatic heterocycles. The van der Waals surface area contributed by atoms with Crippen LogP contribution in [0.3, 0.4) is 0 Å². The lowest BCUT2D eigenvalue weighted by Gasteiger charge is -2.24. The van der Waals surface area contributed by atoms with Crippen molar-refractivity contribution in [2.24, 2.45) is 5.41 Å². The Bertz CT molecular complexity index is 487. The zero-order valence-corrected chi connectivity index (χ0v) is 18.5. The van der Waals surface area contributed by atoms with Crippen LogP contribution in [0.5, 0.6) is 0 Å². The molecule has 0 saturated carbocycles. The first-order chi connectivity index (χ1) is 13.5. The van der Waals surface area contributed by atoms with E-state index in [1.807, 2.05) is 24.3 Å². The summed E-state index contributed by atoms with van der Waals surface area (Å²) in [5.74, 6) is -0.192. The van der Waals surface area contributed by atoms with Crippen molar-refractivity contribution >= 4 is 5.91 Å². The highest BCUT2D eigenvalue weighted by molar-refractivity contribution is 5.87. The molecule has 0 saturated heterocycles. The fourth-order valence-electron chi connectivity index (χ4n) is 2.99. The van der Waals surface area contributed by atoms with E-state index in [-0.39, 0.29) is 19.1 Å². The highest BCUT2D eigenvalue weighted by Crippen LogP contribution is 2.29. The smallest absolute Gasteiger partial charge is 0.244 e. The first-order valence-electron chi connectivity index (χ1n) is 11.1. The number of aliphatic hydroxyl groups is 1. The monoisotopic (exact) mass is 389 g/mol. The van der Waals surface area contributed by atoms with Gasteiger partial charge in [-0.2, -0.15) is 0 Å². The molecule has 160 valence electrons. The van der Waals surface area contributed by atoms with Gasteiger partial charge < -0.3 is 10.4 Å². The van der Waals surface area contributed by atoms with Crippen LogP contribution in [-0.4, -0.2) is 24.2 Å². The Labute approximate surface area is 173 Å². The SMILES string of the molecule is CCCCC(C)(C)CCCCCCC\C=C/C=C/C=C\C=C\C(=O)NCCO. The molecule has 0 radical (unpaired) electrons. The number of carbonyl (C=O) groups excluding carboxylic acids is 1. The predicted octanol–water partition coefficient (Wildman–Crippen LogP) is 6.27. The molecule has 0 aromatic carbocycles. The molecule has 0 rings (SSSR count). The normalized spacial score (nSPS) is 12.9. The standard InChI is InChI=1S/C25H43NO2/c1-4-5-20-25(2,3)21-18-16-14-12-10-8-6-7-9-11-13-15-17-19-24(28)26-22-23-27/h6-7,9,11,13,15,17,19,27H,4-5,8,10,12,14,16,18,20-23H2,1-3H3,(H,26,28)/b7-6-,11-9+,15-13-,19-17+. The Kier molecular flexibility index (Phi) is 17.7. The van der Waals surface area contributed by atoms with Gasteiger partial charge in [0.1, 0.15) is 0 Å². The van der Waals surface area contributed by atoms with Crippen LogP contribution in [0, 0.1) is 5.41 Å². The summed E-state index contributed by atoms with van der Waals surface area (Å²) in [6, 6.07) is 0. The number of rotatable bonds is 17. The quantitative estimate of drug-likeness (QED) is 0.175. The number of nitrogens with one attached hydrogen (secondary N) is 1. The zero-order chi connectivity index (χ0) is 20.9. The van der Waals surface area contributed by atoms with Crippen molar-refractivity contribution in [3.63, 3.8) is 0 Å². The number of carbonyl (C=O) groups is 1. The predicted molar refractivity (Wildman–Crippen MR) is 122 cm³/mol. The van der Waals surface area contributed by atoms with Crippen molar-refractivity contribution in [3.05, 3.63) is 48.6 Å². The molecule has 0 aliphatic rings. The number of allylic oxidation sites excluding steroid dienone is 7. The van der Waals surface area contributed by atoms with E-state index >= 15 is 0 Å². The molecule has 0 aromatic rings. The maximum absolute atomic E-state index is 11.2. The largest absolute Gasteiger partial charge is 0.395 e. The summed E-state index contributed by atoms with van der Waals surface area (Å²) >= 11 is 0. The summed E-state index contributed by atoms with van der Waals surface area (Å²) in [5, 5.41) is 11.1. The molecular weight excluding hydrogens is 346 g/mol. The summed E-state index contributed by atoms with van der Waals surface area (Å²) in [5.41, 5.74) is 0.529. The molecule has 0 spiro atoms. The number of unbranched alkanes of at least 4 members (excludes halogenated alkanes) is 6. The molecule has 3 heteroatoms. The Hall–Kier alpha value is -1.61. The molecule has 3 nitrogen and oxygen atoms in total. The molecule has 1 amide bonds. The summed E-state index contributed by atoms with van der Waals surface area (Å²) in [6.45, 7) is 7.36. The van der Waals surface area contributed by atoms with E-state index in [0.717, 1.165) is 6.42 Å². The van der Waals surface area contributed by atoms with Crippen molar-refractivity contribution in [1.82, 2.24) is 5.32 Å². The second-order valence-corrected chi connectivity index (χ2v) is 8.15. The first-order valence-corrected chi connectivity index (χ1v) is 11.1. The van der Waals surface area contributed by atoms with E-state index in [0.29, 0.717) is 5.41 Å². The molecule has 0 bridgehead atoms. The summed E-state index contributed by atoms with van der Waals surface area (Å²) in [7, 11) is 0. The fourth-order valence-corrected chi connectivity index (χ4v) is 2.99. The molecule has 0 unspecified atom stereocenters. The Morgan fingerprint density at radius 3 is 2.18 bits per heavy atom. The third-order valence-electron chi connectivity index (χ3n) is 4.78.